The van der Waals surface area contributed by atoms with Gasteiger partial charge in [-0.25, -0.2) is 4.79 Å². The lowest BCUT2D eigenvalue weighted by Crippen LogP contribution is -2.25. The fourth-order valence-electron chi connectivity index (χ4n) is 1.64. The van der Waals surface area contributed by atoms with Crippen LogP contribution in [0, 0.1) is 6.92 Å². The Morgan fingerprint density at radius 2 is 1.95 bits per heavy atom. The molecule has 1 aromatic carbocycles. The number of aryl methyl sites for hydroxylation is 1. The van der Waals surface area contributed by atoms with Crippen molar-refractivity contribution in [1.29, 1.82) is 0 Å². The Kier molecular flexibility index (Phi) is 5.39. The molecule has 0 fully saturated rings. The molecular formula is C15H23NO4. The molecule has 0 aliphatic carbocycles. The minimum Gasteiger partial charge on any atom is -0.493 e. The van der Waals surface area contributed by atoms with E-state index in [0.717, 1.165) is 12.0 Å². The van der Waals surface area contributed by atoms with Crippen molar-refractivity contribution in [3.8, 4) is 5.75 Å². The Hall–Kier alpha value is -1.75. The van der Waals surface area contributed by atoms with E-state index in [9.17, 15) is 4.79 Å². The SMILES string of the molecule is COC(=O)c1cc(OCCC(C)(C)OC)cc(C)c1N. The number of esters is 1. The molecule has 0 radical (unpaired) electrons. The number of nitrogen functional groups attached to an aromatic ring is 1. The molecule has 5 heteroatoms. The first-order valence-corrected chi connectivity index (χ1v) is 6.47. The van der Waals surface area contributed by atoms with Gasteiger partial charge in [0.15, 0.2) is 0 Å². The fraction of sp³-hybridized carbons (Fsp3) is 0.533. The van der Waals surface area contributed by atoms with E-state index in [1.165, 1.54) is 7.11 Å². The van der Waals surface area contributed by atoms with Gasteiger partial charge in [0.2, 0.25) is 0 Å². The van der Waals surface area contributed by atoms with Crippen molar-refractivity contribution in [3.63, 3.8) is 0 Å². The van der Waals surface area contributed by atoms with Gasteiger partial charge in [0.25, 0.3) is 0 Å². The number of anilines is 1. The first-order valence-electron chi connectivity index (χ1n) is 6.47. The topological polar surface area (TPSA) is 70.8 Å². The lowest BCUT2D eigenvalue weighted by atomic mass is 10.1. The zero-order valence-corrected chi connectivity index (χ0v) is 12.8. The summed E-state index contributed by atoms with van der Waals surface area (Å²) in [7, 11) is 2.99. The van der Waals surface area contributed by atoms with Gasteiger partial charge in [-0.3, -0.25) is 0 Å². The van der Waals surface area contributed by atoms with Crippen LogP contribution in [0.3, 0.4) is 0 Å². The number of nitrogens with two attached hydrogens (primary N) is 1. The van der Waals surface area contributed by atoms with E-state index in [0.29, 0.717) is 23.6 Å². The molecule has 5 nitrogen and oxygen atoms in total. The minimum absolute atomic E-state index is 0.242. The summed E-state index contributed by atoms with van der Waals surface area (Å²) in [5.74, 6) is 0.136. The number of ether oxygens (including phenoxy) is 3. The monoisotopic (exact) mass is 281 g/mol. The third-order valence-corrected chi connectivity index (χ3v) is 3.29. The zero-order chi connectivity index (χ0) is 15.3. The minimum atomic E-state index is -0.465. The lowest BCUT2D eigenvalue weighted by Gasteiger charge is -2.22. The van der Waals surface area contributed by atoms with Crippen LogP contribution in [0.4, 0.5) is 5.69 Å². The van der Waals surface area contributed by atoms with E-state index < -0.39 is 5.97 Å². The second kappa shape index (κ2) is 6.61. The molecule has 0 aliphatic heterocycles. The van der Waals surface area contributed by atoms with Gasteiger partial charge in [0.05, 0.1) is 24.9 Å². The van der Waals surface area contributed by atoms with Crippen LogP contribution in [0.15, 0.2) is 12.1 Å². The van der Waals surface area contributed by atoms with E-state index in [2.05, 4.69) is 0 Å². The number of carbonyl (C=O) groups is 1. The third kappa shape index (κ3) is 4.13. The van der Waals surface area contributed by atoms with Crippen LogP contribution in [-0.4, -0.2) is 32.4 Å². The molecule has 112 valence electrons. The van der Waals surface area contributed by atoms with E-state index >= 15 is 0 Å². The maximum atomic E-state index is 11.6. The first kappa shape index (κ1) is 16.3. The summed E-state index contributed by atoms with van der Waals surface area (Å²) in [6, 6.07) is 3.41. The highest BCUT2D eigenvalue weighted by Gasteiger charge is 2.17. The van der Waals surface area contributed by atoms with Gasteiger partial charge < -0.3 is 19.9 Å². The molecule has 0 saturated carbocycles. The summed E-state index contributed by atoms with van der Waals surface area (Å²) in [5.41, 5.74) is 7.16. The van der Waals surface area contributed by atoms with Crippen LogP contribution in [-0.2, 0) is 9.47 Å². The van der Waals surface area contributed by atoms with E-state index in [4.69, 9.17) is 19.9 Å². The highest BCUT2D eigenvalue weighted by atomic mass is 16.5. The molecule has 0 amide bonds. The molecule has 2 N–H and O–H groups in total. The average molecular weight is 281 g/mol. The molecule has 0 aromatic heterocycles. The molecule has 0 aliphatic rings. The van der Waals surface area contributed by atoms with E-state index in [1.54, 1.807) is 13.2 Å². The number of hydrogen-bond donors (Lipinski definition) is 1. The van der Waals surface area contributed by atoms with Crippen molar-refractivity contribution in [3.05, 3.63) is 23.3 Å². The first-order chi connectivity index (χ1) is 9.30. The summed E-state index contributed by atoms with van der Waals surface area (Å²) < 4.78 is 15.7. The molecule has 1 rings (SSSR count). The Labute approximate surface area is 120 Å². The quantitative estimate of drug-likeness (QED) is 0.641. The summed E-state index contributed by atoms with van der Waals surface area (Å²) in [6.45, 7) is 6.30. The van der Waals surface area contributed by atoms with Crippen LogP contribution in [0.1, 0.15) is 36.2 Å². The molecule has 0 bridgehead atoms. The van der Waals surface area contributed by atoms with Crippen LogP contribution < -0.4 is 10.5 Å². The molecule has 1 aromatic rings. The van der Waals surface area contributed by atoms with Gasteiger partial charge in [-0.2, -0.15) is 0 Å². The molecule has 0 spiro atoms. The van der Waals surface area contributed by atoms with Crippen molar-refractivity contribution in [1.82, 2.24) is 0 Å². The number of hydrogen-bond acceptors (Lipinski definition) is 5. The fourth-order valence-corrected chi connectivity index (χ4v) is 1.64. The Balaban J connectivity index is 2.82. The van der Waals surface area contributed by atoms with E-state index in [1.807, 2.05) is 26.8 Å². The van der Waals surface area contributed by atoms with Gasteiger partial charge in [-0.15, -0.1) is 0 Å². The number of carbonyl (C=O) groups excluding carboxylic acids is 1. The second-order valence-corrected chi connectivity index (χ2v) is 5.26. The van der Waals surface area contributed by atoms with Crippen molar-refractivity contribution in [2.24, 2.45) is 0 Å². The van der Waals surface area contributed by atoms with Crippen LogP contribution in [0.2, 0.25) is 0 Å². The van der Waals surface area contributed by atoms with Crippen LogP contribution in [0.5, 0.6) is 5.75 Å². The zero-order valence-electron chi connectivity index (χ0n) is 12.8. The number of benzene rings is 1. The number of rotatable bonds is 6. The predicted molar refractivity (Wildman–Crippen MR) is 78.1 cm³/mol. The van der Waals surface area contributed by atoms with Gasteiger partial charge in [-0.05, 0) is 38.5 Å². The summed E-state index contributed by atoms with van der Waals surface area (Å²) in [6.07, 6.45) is 0.737. The molecule has 0 saturated heterocycles. The predicted octanol–water partition coefficient (Wildman–Crippen LogP) is 2.56. The normalized spacial score (nSPS) is 11.2. The Morgan fingerprint density at radius 1 is 1.30 bits per heavy atom. The second-order valence-electron chi connectivity index (χ2n) is 5.26. The molecule has 20 heavy (non-hydrogen) atoms. The highest BCUT2D eigenvalue weighted by Crippen LogP contribution is 2.25. The maximum absolute atomic E-state index is 11.6. The average Bonchev–Trinajstić information content (AvgIpc) is 2.41. The maximum Gasteiger partial charge on any atom is 0.340 e. The smallest absolute Gasteiger partial charge is 0.340 e. The highest BCUT2D eigenvalue weighted by molar-refractivity contribution is 5.96. The van der Waals surface area contributed by atoms with Gasteiger partial charge >= 0.3 is 5.97 Å². The molecule has 0 unspecified atom stereocenters. The van der Waals surface area contributed by atoms with Crippen LogP contribution in [0.25, 0.3) is 0 Å². The van der Waals surface area contributed by atoms with Gasteiger partial charge in [-0.1, -0.05) is 0 Å². The van der Waals surface area contributed by atoms with Gasteiger partial charge in [0, 0.05) is 19.2 Å². The van der Waals surface area contributed by atoms with Crippen LogP contribution >= 0.6 is 0 Å². The van der Waals surface area contributed by atoms with Crippen molar-refractivity contribution >= 4 is 11.7 Å². The Bertz CT molecular complexity index is 483. The molecular weight excluding hydrogens is 258 g/mol. The Morgan fingerprint density at radius 3 is 2.50 bits per heavy atom. The standard InChI is InChI=1S/C15H23NO4/c1-10-8-11(20-7-6-15(2,3)19-5)9-12(13(10)16)14(17)18-4/h8-9H,6-7,16H2,1-5H3. The molecule has 0 heterocycles. The molecule has 0 atom stereocenters. The summed E-state index contributed by atoms with van der Waals surface area (Å²) in [4.78, 5) is 11.6. The summed E-state index contributed by atoms with van der Waals surface area (Å²) >= 11 is 0. The third-order valence-electron chi connectivity index (χ3n) is 3.29. The number of methoxy groups -OCH3 is 2. The largest absolute Gasteiger partial charge is 0.493 e. The summed E-state index contributed by atoms with van der Waals surface area (Å²) in [5, 5.41) is 0. The lowest BCUT2D eigenvalue weighted by molar-refractivity contribution is 0.00542. The van der Waals surface area contributed by atoms with Crippen molar-refractivity contribution in [2.75, 3.05) is 26.6 Å². The van der Waals surface area contributed by atoms with Gasteiger partial charge in [0.1, 0.15) is 5.75 Å². The van der Waals surface area contributed by atoms with E-state index in [-0.39, 0.29) is 5.60 Å². The van der Waals surface area contributed by atoms with Crippen molar-refractivity contribution in [2.45, 2.75) is 32.8 Å². The van der Waals surface area contributed by atoms with Crippen molar-refractivity contribution < 1.29 is 19.0 Å².